The van der Waals surface area contributed by atoms with Gasteiger partial charge in [0.2, 0.25) is 0 Å². The molecule has 2 aromatic heterocycles. The zero-order valence-electron chi connectivity index (χ0n) is 15.7. The highest BCUT2D eigenvalue weighted by Gasteiger charge is 2.20. The third-order valence-electron chi connectivity index (χ3n) is 4.68. The van der Waals surface area contributed by atoms with Crippen molar-refractivity contribution in [1.29, 1.82) is 0 Å². The third kappa shape index (κ3) is 3.18. The van der Waals surface area contributed by atoms with Crippen LogP contribution in [0.3, 0.4) is 0 Å². The number of para-hydroxylation sites is 1. The number of anilines is 1. The van der Waals surface area contributed by atoms with Gasteiger partial charge in [-0.3, -0.25) is 4.79 Å². The van der Waals surface area contributed by atoms with Crippen LogP contribution in [-0.4, -0.2) is 25.7 Å². The molecule has 0 saturated heterocycles. The van der Waals surface area contributed by atoms with Gasteiger partial charge in [-0.15, -0.1) is 10.2 Å². The normalized spacial score (nSPS) is 11.0. The Morgan fingerprint density at radius 3 is 2.43 bits per heavy atom. The van der Waals surface area contributed by atoms with Crippen molar-refractivity contribution in [1.82, 2.24) is 19.8 Å². The third-order valence-corrected chi connectivity index (χ3v) is 5.21. The summed E-state index contributed by atoms with van der Waals surface area (Å²) in [6.45, 7) is 5.70. The second-order valence-electron chi connectivity index (χ2n) is 6.61. The molecule has 4 aromatic rings. The zero-order valence-corrected chi connectivity index (χ0v) is 17.3. The standard InChI is InChI=1S/C21H18BrN5O/c1-12-6-4-5-7-17(12)23-21(28)19-14(3)27-20(25-24-19)18(13(2)26-27)15-8-10-16(22)11-9-15/h4-11H,1-3H3,(H,23,28). The molecule has 0 radical (unpaired) electrons. The van der Waals surface area contributed by atoms with Gasteiger partial charge in [0.25, 0.3) is 5.91 Å². The Morgan fingerprint density at radius 2 is 1.71 bits per heavy atom. The summed E-state index contributed by atoms with van der Waals surface area (Å²) >= 11 is 3.45. The summed E-state index contributed by atoms with van der Waals surface area (Å²) in [6.07, 6.45) is 0. The number of benzene rings is 2. The minimum Gasteiger partial charge on any atom is -0.320 e. The number of rotatable bonds is 3. The molecule has 28 heavy (non-hydrogen) atoms. The van der Waals surface area contributed by atoms with E-state index in [0.29, 0.717) is 11.3 Å². The maximum atomic E-state index is 12.8. The summed E-state index contributed by atoms with van der Waals surface area (Å²) in [7, 11) is 0. The molecule has 0 spiro atoms. The van der Waals surface area contributed by atoms with Crippen LogP contribution in [0, 0.1) is 20.8 Å². The van der Waals surface area contributed by atoms with E-state index in [9.17, 15) is 4.79 Å². The highest BCUT2D eigenvalue weighted by Crippen LogP contribution is 2.29. The van der Waals surface area contributed by atoms with Gasteiger partial charge in [0.15, 0.2) is 11.3 Å². The zero-order chi connectivity index (χ0) is 19.8. The number of carbonyl (C=O) groups is 1. The molecule has 2 heterocycles. The monoisotopic (exact) mass is 435 g/mol. The number of hydrogen-bond acceptors (Lipinski definition) is 4. The minimum absolute atomic E-state index is 0.251. The molecule has 6 nitrogen and oxygen atoms in total. The van der Waals surface area contributed by atoms with E-state index in [1.54, 1.807) is 4.52 Å². The van der Waals surface area contributed by atoms with Crippen molar-refractivity contribution in [2.75, 3.05) is 5.32 Å². The first kappa shape index (κ1) is 18.3. The fourth-order valence-corrected chi connectivity index (χ4v) is 3.43. The van der Waals surface area contributed by atoms with E-state index in [0.717, 1.165) is 32.5 Å². The smallest absolute Gasteiger partial charge is 0.278 e. The molecule has 0 fully saturated rings. The van der Waals surface area contributed by atoms with E-state index >= 15 is 0 Å². The van der Waals surface area contributed by atoms with Crippen LogP contribution in [0.2, 0.25) is 0 Å². The number of hydrogen-bond donors (Lipinski definition) is 1. The van der Waals surface area contributed by atoms with Crippen LogP contribution >= 0.6 is 15.9 Å². The number of nitrogens with one attached hydrogen (secondary N) is 1. The Bertz CT molecular complexity index is 1200. The first-order valence-corrected chi connectivity index (χ1v) is 9.60. The number of halogens is 1. The van der Waals surface area contributed by atoms with Gasteiger partial charge in [-0.05, 0) is 50.1 Å². The summed E-state index contributed by atoms with van der Waals surface area (Å²) < 4.78 is 2.69. The largest absolute Gasteiger partial charge is 0.320 e. The maximum absolute atomic E-state index is 12.8. The van der Waals surface area contributed by atoms with E-state index in [4.69, 9.17) is 0 Å². The molecule has 0 atom stereocenters. The van der Waals surface area contributed by atoms with Crippen LogP contribution in [0.25, 0.3) is 16.8 Å². The molecular formula is C21H18BrN5O. The molecule has 0 aliphatic carbocycles. The average Bonchev–Trinajstić information content (AvgIpc) is 3.01. The predicted molar refractivity (Wildman–Crippen MR) is 113 cm³/mol. The van der Waals surface area contributed by atoms with E-state index in [-0.39, 0.29) is 11.6 Å². The summed E-state index contributed by atoms with van der Waals surface area (Å²) in [5.74, 6) is -0.306. The van der Waals surface area contributed by atoms with Crippen LogP contribution in [0.4, 0.5) is 5.69 Å². The van der Waals surface area contributed by atoms with E-state index in [1.807, 2.05) is 69.3 Å². The molecule has 7 heteroatoms. The first-order chi connectivity index (χ1) is 13.5. The fraction of sp³-hybridized carbons (Fsp3) is 0.143. The fourth-order valence-electron chi connectivity index (χ4n) is 3.17. The highest BCUT2D eigenvalue weighted by atomic mass is 79.9. The average molecular weight is 436 g/mol. The van der Waals surface area contributed by atoms with Crippen molar-refractivity contribution in [2.45, 2.75) is 20.8 Å². The molecule has 2 aromatic carbocycles. The number of amides is 1. The van der Waals surface area contributed by atoms with Gasteiger partial charge < -0.3 is 5.32 Å². The summed E-state index contributed by atoms with van der Waals surface area (Å²) in [5, 5.41) is 16.0. The number of carbonyl (C=O) groups excluding carboxylic acids is 1. The Kier molecular flexibility index (Phi) is 4.68. The maximum Gasteiger partial charge on any atom is 0.278 e. The summed E-state index contributed by atoms with van der Waals surface area (Å²) in [6, 6.07) is 15.6. The Hall–Kier alpha value is -3.06. The minimum atomic E-state index is -0.306. The Labute approximate surface area is 170 Å². The van der Waals surface area contributed by atoms with Gasteiger partial charge >= 0.3 is 0 Å². The molecule has 4 rings (SSSR count). The second-order valence-corrected chi connectivity index (χ2v) is 7.52. The van der Waals surface area contributed by atoms with Crippen LogP contribution in [0.1, 0.15) is 27.4 Å². The van der Waals surface area contributed by atoms with Gasteiger partial charge in [0, 0.05) is 10.2 Å². The molecule has 1 amide bonds. The highest BCUT2D eigenvalue weighted by molar-refractivity contribution is 9.10. The van der Waals surface area contributed by atoms with Gasteiger partial charge in [0.1, 0.15) is 0 Å². The van der Waals surface area contributed by atoms with Crippen LogP contribution in [-0.2, 0) is 0 Å². The van der Waals surface area contributed by atoms with Crippen LogP contribution in [0.15, 0.2) is 53.0 Å². The summed E-state index contributed by atoms with van der Waals surface area (Å²) in [5.41, 5.74) is 6.00. The van der Waals surface area contributed by atoms with Gasteiger partial charge in [-0.25, -0.2) is 4.52 Å². The van der Waals surface area contributed by atoms with E-state index in [2.05, 4.69) is 36.5 Å². The SMILES string of the molecule is Cc1ccccc1NC(=O)c1nnc2c(-c3ccc(Br)cc3)c(C)nn2c1C. The predicted octanol–water partition coefficient (Wildman–Crippen LogP) is 4.73. The van der Waals surface area contributed by atoms with E-state index < -0.39 is 0 Å². The van der Waals surface area contributed by atoms with Crippen molar-refractivity contribution in [3.8, 4) is 11.1 Å². The quantitative estimate of drug-likeness (QED) is 0.504. The van der Waals surface area contributed by atoms with Gasteiger partial charge in [0.05, 0.1) is 17.0 Å². The van der Waals surface area contributed by atoms with Gasteiger partial charge in [-0.2, -0.15) is 5.10 Å². The number of fused-ring (bicyclic) bond motifs is 1. The lowest BCUT2D eigenvalue weighted by molar-refractivity contribution is 0.102. The topological polar surface area (TPSA) is 72.2 Å². The molecule has 140 valence electrons. The number of nitrogens with zero attached hydrogens (tertiary/aromatic N) is 4. The van der Waals surface area contributed by atoms with Crippen molar-refractivity contribution in [3.05, 3.63) is 75.6 Å². The molecule has 0 unspecified atom stereocenters. The number of aromatic nitrogens is 4. The van der Waals surface area contributed by atoms with Crippen molar-refractivity contribution < 1.29 is 4.79 Å². The first-order valence-electron chi connectivity index (χ1n) is 8.81. The lowest BCUT2D eigenvalue weighted by Crippen LogP contribution is -2.19. The van der Waals surface area contributed by atoms with Crippen molar-refractivity contribution in [2.24, 2.45) is 0 Å². The number of aryl methyl sites for hydroxylation is 3. The molecule has 0 aliphatic heterocycles. The molecule has 0 saturated carbocycles. The molecule has 0 aliphatic rings. The Morgan fingerprint density at radius 1 is 1.00 bits per heavy atom. The summed E-state index contributed by atoms with van der Waals surface area (Å²) in [4.78, 5) is 12.8. The van der Waals surface area contributed by atoms with E-state index in [1.165, 1.54) is 0 Å². The van der Waals surface area contributed by atoms with Gasteiger partial charge in [-0.1, -0.05) is 46.3 Å². The van der Waals surface area contributed by atoms with Crippen molar-refractivity contribution >= 4 is 33.2 Å². The second kappa shape index (κ2) is 7.16. The molecule has 0 bridgehead atoms. The molecule has 1 N–H and O–H groups in total. The lowest BCUT2D eigenvalue weighted by atomic mass is 10.1. The molecular weight excluding hydrogens is 418 g/mol. The van der Waals surface area contributed by atoms with Crippen molar-refractivity contribution in [3.63, 3.8) is 0 Å². The van der Waals surface area contributed by atoms with Crippen LogP contribution in [0.5, 0.6) is 0 Å². The van der Waals surface area contributed by atoms with Crippen LogP contribution < -0.4 is 5.32 Å². The lowest BCUT2D eigenvalue weighted by Gasteiger charge is -2.09. The Balaban J connectivity index is 1.77.